The maximum Gasteiger partial charge on any atom is 0.304 e. The number of hydrogen-bond donors (Lipinski definition) is 1. The van der Waals surface area contributed by atoms with E-state index in [1.165, 1.54) is 11.8 Å². The normalized spacial score (nSPS) is 18.8. The van der Waals surface area contributed by atoms with E-state index in [0.717, 1.165) is 22.6 Å². The lowest BCUT2D eigenvalue weighted by Crippen LogP contribution is -2.19. The van der Waals surface area contributed by atoms with E-state index in [-0.39, 0.29) is 24.4 Å². The molecule has 0 fully saturated rings. The first-order chi connectivity index (χ1) is 15.0. The topological polar surface area (TPSA) is 81.8 Å². The van der Waals surface area contributed by atoms with Gasteiger partial charge >= 0.3 is 5.97 Å². The molecule has 0 saturated heterocycles. The van der Waals surface area contributed by atoms with Gasteiger partial charge in [-0.1, -0.05) is 47.1 Å². The number of benzene rings is 2. The summed E-state index contributed by atoms with van der Waals surface area (Å²) in [6, 6.07) is 17.4. The summed E-state index contributed by atoms with van der Waals surface area (Å²) in [5, 5.41) is 13.2. The Hall–Kier alpha value is -3.54. The highest BCUT2D eigenvalue weighted by Crippen LogP contribution is 2.32. The molecule has 0 aliphatic carbocycles. The summed E-state index contributed by atoms with van der Waals surface area (Å²) in [5.74, 6) is 0.502. The molecule has 1 N–H and O–H groups in total. The molecular weight excluding hydrogens is 394 g/mol. The molecule has 2 aromatic carbocycles. The van der Waals surface area contributed by atoms with Crippen molar-refractivity contribution in [3.63, 3.8) is 0 Å². The number of nitrogens with zero attached hydrogens (tertiary/aromatic N) is 1. The Morgan fingerprint density at radius 2 is 1.87 bits per heavy atom. The second kappa shape index (κ2) is 9.08. The molecule has 6 nitrogen and oxygen atoms in total. The van der Waals surface area contributed by atoms with Gasteiger partial charge in [0, 0.05) is 17.5 Å². The highest BCUT2D eigenvalue weighted by atomic mass is 16.5. The Balaban J connectivity index is 1.41. The van der Waals surface area contributed by atoms with Crippen LogP contribution < -0.4 is 4.74 Å². The molecule has 3 aromatic rings. The fraction of sp³-hybridized carbons (Fsp3) is 0.280. The molecule has 1 aliphatic heterocycles. The van der Waals surface area contributed by atoms with Crippen LogP contribution in [-0.4, -0.2) is 28.9 Å². The summed E-state index contributed by atoms with van der Waals surface area (Å²) in [7, 11) is 0. The molecule has 3 atom stereocenters. The van der Waals surface area contributed by atoms with Crippen LogP contribution in [0.5, 0.6) is 5.75 Å². The Morgan fingerprint density at radius 1 is 1.13 bits per heavy atom. The molecule has 2 unspecified atom stereocenters. The van der Waals surface area contributed by atoms with Gasteiger partial charge in [0.05, 0.1) is 24.6 Å². The molecule has 4 rings (SSSR count). The Kier molecular flexibility index (Phi) is 6.07. The van der Waals surface area contributed by atoms with Crippen LogP contribution in [0.2, 0.25) is 0 Å². The zero-order valence-electron chi connectivity index (χ0n) is 17.5. The number of aromatic nitrogens is 1. The summed E-state index contributed by atoms with van der Waals surface area (Å²) in [4.78, 5) is 11.3. The van der Waals surface area contributed by atoms with Crippen molar-refractivity contribution < 1.29 is 23.9 Å². The highest BCUT2D eigenvalue weighted by molar-refractivity contribution is 5.69. The van der Waals surface area contributed by atoms with E-state index in [1.807, 2.05) is 31.2 Å². The summed E-state index contributed by atoms with van der Waals surface area (Å²) in [6.45, 7) is 4.61. The second-order valence-electron chi connectivity index (χ2n) is 7.84. The maximum atomic E-state index is 11.3. The van der Waals surface area contributed by atoms with E-state index in [4.69, 9.17) is 14.0 Å². The lowest BCUT2D eigenvalue weighted by molar-refractivity contribution is -0.137. The van der Waals surface area contributed by atoms with E-state index < -0.39 is 5.97 Å². The van der Waals surface area contributed by atoms with Crippen molar-refractivity contribution in [3.05, 3.63) is 89.3 Å². The highest BCUT2D eigenvalue weighted by Gasteiger charge is 2.27. The minimum atomic E-state index is -0.889. The number of carbonyl (C=O) groups is 1. The molecule has 0 saturated carbocycles. The number of carboxylic acid groups (broad SMARTS) is 1. The number of rotatable bonds is 8. The molecule has 0 amide bonds. The van der Waals surface area contributed by atoms with Gasteiger partial charge in [-0.05, 0) is 37.6 Å². The first-order valence-corrected chi connectivity index (χ1v) is 10.3. The van der Waals surface area contributed by atoms with Crippen molar-refractivity contribution in [2.45, 2.75) is 32.3 Å². The summed E-state index contributed by atoms with van der Waals surface area (Å²) in [6.07, 6.45) is 3.54. The zero-order chi connectivity index (χ0) is 21.8. The third-order valence-electron chi connectivity index (χ3n) is 5.54. The average Bonchev–Trinajstić information content (AvgIpc) is 3.41. The quantitative estimate of drug-likeness (QED) is 0.551. The minimum Gasteiger partial charge on any atom is -0.493 e. The molecule has 0 radical (unpaired) electrons. The molecule has 31 heavy (non-hydrogen) atoms. The molecule has 2 heterocycles. The van der Waals surface area contributed by atoms with E-state index >= 15 is 0 Å². The van der Waals surface area contributed by atoms with Gasteiger partial charge in [0.2, 0.25) is 0 Å². The minimum absolute atomic E-state index is 0.0303. The molecule has 6 heteroatoms. The van der Waals surface area contributed by atoms with Crippen molar-refractivity contribution in [3.8, 4) is 5.75 Å². The monoisotopic (exact) mass is 419 g/mol. The van der Waals surface area contributed by atoms with Gasteiger partial charge in [0.15, 0.2) is 0 Å². The van der Waals surface area contributed by atoms with Crippen molar-refractivity contribution >= 4 is 11.7 Å². The first-order valence-electron chi connectivity index (χ1n) is 10.3. The number of aliphatic carboxylic acids is 1. The second-order valence-corrected chi connectivity index (χ2v) is 7.84. The fourth-order valence-corrected chi connectivity index (χ4v) is 3.68. The standard InChI is InChI=1S/C25H25NO5/c1-16-3-5-19(6-4-16)24-13-20(17(2)31-24)15-29-21-9-7-18(8-10-21)22(14-25(27)28)23-11-12-30-26-23/h3-13,17,20,22H,14-15H2,1-2H3,(H,27,28)/t17?,20?,22-/m0/s1. The third-order valence-corrected chi connectivity index (χ3v) is 5.54. The van der Waals surface area contributed by atoms with Crippen LogP contribution in [0.1, 0.15) is 41.6 Å². The van der Waals surface area contributed by atoms with Gasteiger partial charge < -0.3 is 19.1 Å². The van der Waals surface area contributed by atoms with Crippen LogP contribution in [0.3, 0.4) is 0 Å². The van der Waals surface area contributed by atoms with E-state index in [9.17, 15) is 9.90 Å². The van der Waals surface area contributed by atoms with Crippen molar-refractivity contribution in [2.75, 3.05) is 6.61 Å². The number of aryl methyl sites for hydroxylation is 1. The number of ether oxygens (including phenoxy) is 2. The van der Waals surface area contributed by atoms with Gasteiger partial charge in [-0.15, -0.1) is 0 Å². The van der Waals surface area contributed by atoms with Crippen LogP contribution in [0.15, 0.2) is 71.5 Å². The first kappa shape index (κ1) is 20.7. The van der Waals surface area contributed by atoms with Crippen molar-refractivity contribution in [2.24, 2.45) is 5.92 Å². The summed E-state index contributed by atoms with van der Waals surface area (Å²) >= 11 is 0. The summed E-state index contributed by atoms with van der Waals surface area (Å²) < 4.78 is 16.9. The van der Waals surface area contributed by atoms with E-state index in [1.54, 1.807) is 6.07 Å². The molecule has 0 bridgehead atoms. The number of hydrogen-bond acceptors (Lipinski definition) is 5. The molecule has 1 aromatic heterocycles. The maximum absolute atomic E-state index is 11.3. The third kappa shape index (κ3) is 4.97. The van der Waals surface area contributed by atoms with Gasteiger partial charge in [-0.25, -0.2) is 0 Å². The SMILES string of the molecule is Cc1ccc(C2=CC(COc3ccc([C@H](CC(=O)O)c4ccon4)cc3)C(C)O2)cc1. The summed E-state index contributed by atoms with van der Waals surface area (Å²) in [5.41, 5.74) is 3.74. The molecule has 1 aliphatic rings. The van der Waals surface area contributed by atoms with Crippen LogP contribution in [0, 0.1) is 12.8 Å². The molecule has 0 spiro atoms. The van der Waals surface area contributed by atoms with E-state index in [2.05, 4.69) is 42.4 Å². The van der Waals surface area contributed by atoms with Gasteiger partial charge in [0.25, 0.3) is 0 Å². The predicted octanol–water partition coefficient (Wildman–Crippen LogP) is 5.04. The van der Waals surface area contributed by atoms with Crippen LogP contribution in [0.25, 0.3) is 5.76 Å². The van der Waals surface area contributed by atoms with Crippen LogP contribution in [-0.2, 0) is 9.53 Å². The fourth-order valence-electron chi connectivity index (χ4n) is 3.68. The van der Waals surface area contributed by atoms with Crippen molar-refractivity contribution in [1.29, 1.82) is 0 Å². The van der Waals surface area contributed by atoms with E-state index in [0.29, 0.717) is 12.3 Å². The van der Waals surface area contributed by atoms with Gasteiger partial charge in [-0.3, -0.25) is 4.79 Å². The largest absolute Gasteiger partial charge is 0.493 e. The smallest absolute Gasteiger partial charge is 0.304 e. The lowest BCUT2D eigenvalue weighted by Gasteiger charge is -2.16. The predicted molar refractivity (Wildman–Crippen MR) is 116 cm³/mol. The molecular formula is C25H25NO5. The van der Waals surface area contributed by atoms with Crippen molar-refractivity contribution in [1.82, 2.24) is 5.16 Å². The Morgan fingerprint density at radius 3 is 2.52 bits per heavy atom. The molecule has 160 valence electrons. The lowest BCUT2D eigenvalue weighted by atomic mass is 9.92. The van der Waals surface area contributed by atoms with Gasteiger partial charge in [-0.2, -0.15) is 0 Å². The van der Waals surface area contributed by atoms with Crippen LogP contribution in [0.4, 0.5) is 0 Å². The Labute approximate surface area is 181 Å². The number of carboxylic acids is 1. The van der Waals surface area contributed by atoms with Crippen LogP contribution >= 0.6 is 0 Å². The Bertz CT molecular complexity index is 1040. The van der Waals surface area contributed by atoms with Gasteiger partial charge in [0.1, 0.15) is 23.9 Å². The zero-order valence-corrected chi connectivity index (χ0v) is 17.5. The average molecular weight is 419 g/mol.